The Bertz CT molecular complexity index is 484. The number of para-hydroxylation sites is 2. The lowest BCUT2D eigenvalue weighted by atomic mass is 10.2. The molecule has 25 heavy (non-hydrogen) atoms. The molecule has 0 aliphatic heterocycles. The van der Waals surface area contributed by atoms with Gasteiger partial charge in [0, 0.05) is 0 Å². The topological polar surface area (TPSA) is 114 Å². The van der Waals surface area contributed by atoms with Gasteiger partial charge >= 0.3 is 12.3 Å². The van der Waals surface area contributed by atoms with E-state index in [0.717, 1.165) is 0 Å². The van der Waals surface area contributed by atoms with Gasteiger partial charge in [0.2, 0.25) is 0 Å². The van der Waals surface area contributed by atoms with Gasteiger partial charge in [0.05, 0.1) is 11.4 Å². The van der Waals surface area contributed by atoms with Gasteiger partial charge in [0.1, 0.15) is 11.2 Å². The Kier molecular flexibility index (Phi) is 11.1. The van der Waals surface area contributed by atoms with Gasteiger partial charge in [-0.1, -0.05) is 26.0 Å². The predicted molar refractivity (Wildman–Crippen MR) is 100 cm³/mol. The molecule has 0 aromatic heterocycles. The summed E-state index contributed by atoms with van der Waals surface area (Å²) in [4.78, 5) is 22.0. The van der Waals surface area contributed by atoms with E-state index in [9.17, 15) is 9.59 Å². The summed E-state index contributed by atoms with van der Waals surface area (Å²) in [5.74, 6) is 0. The molecule has 0 amide bonds. The molecule has 4 N–H and O–H groups in total. The van der Waals surface area contributed by atoms with Crippen LogP contribution in [0.2, 0.25) is 0 Å². The number of hydrogen-bond acceptors (Lipinski definition) is 7. The second kappa shape index (κ2) is 11.2. The highest BCUT2D eigenvalue weighted by molar-refractivity contribution is 5.77. The molecule has 0 aliphatic rings. The Morgan fingerprint density at radius 2 is 1.04 bits per heavy atom. The Hall–Kier alpha value is -2.44. The summed E-state index contributed by atoms with van der Waals surface area (Å²) >= 11 is 0. The quantitative estimate of drug-likeness (QED) is 0.391. The smallest absolute Gasteiger partial charge is 0.428 e. The maximum absolute atomic E-state index is 11.0. The second-order valence-electron chi connectivity index (χ2n) is 6.66. The van der Waals surface area contributed by atoms with Crippen molar-refractivity contribution >= 4 is 23.7 Å². The number of carbonyl (C=O) groups is 2. The molecule has 0 aliphatic carbocycles. The van der Waals surface area contributed by atoms with E-state index in [1.807, 2.05) is 26.0 Å². The van der Waals surface area contributed by atoms with E-state index >= 15 is 0 Å². The molecular formula is C18H32N2O5. The van der Waals surface area contributed by atoms with E-state index in [1.54, 1.807) is 53.7 Å². The zero-order valence-electron chi connectivity index (χ0n) is 16.5. The van der Waals surface area contributed by atoms with Crippen molar-refractivity contribution in [2.75, 3.05) is 11.5 Å². The van der Waals surface area contributed by atoms with Crippen molar-refractivity contribution in [1.82, 2.24) is 0 Å². The lowest BCUT2D eigenvalue weighted by Gasteiger charge is -2.20. The van der Waals surface area contributed by atoms with Crippen molar-refractivity contribution in [2.24, 2.45) is 0 Å². The summed E-state index contributed by atoms with van der Waals surface area (Å²) in [6.07, 6.45) is -2.12. The third-order valence-electron chi connectivity index (χ3n) is 1.94. The van der Waals surface area contributed by atoms with Crippen molar-refractivity contribution in [3.05, 3.63) is 24.3 Å². The number of benzene rings is 1. The van der Waals surface area contributed by atoms with E-state index in [-0.39, 0.29) is 0 Å². The molecule has 1 aromatic carbocycles. The van der Waals surface area contributed by atoms with Gasteiger partial charge < -0.3 is 25.7 Å². The standard InChI is InChI=1S/C10H18O5.C6H8N2.C2H6/c1-9(2,3)14-7(11)13-8(12)15-10(4,5)6;7-5-3-1-2-4-6(5)8;1-2/h1-6H3;1-4H,7-8H2;1-2H3. The summed E-state index contributed by atoms with van der Waals surface area (Å²) in [5.41, 5.74) is 10.7. The highest BCUT2D eigenvalue weighted by Crippen LogP contribution is 2.12. The van der Waals surface area contributed by atoms with Crippen LogP contribution in [0.4, 0.5) is 21.0 Å². The van der Waals surface area contributed by atoms with E-state index in [2.05, 4.69) is 4.74 Å². The molecule has 7 nitrogen and oxygen atoms in total. The maximum Gasteiger partial charge on any atom is 0.519 e. The van der Waals surface area contributed by atoms with Crippen LogP contribution in [-0.2, 0) is 14.2 Å². The summed E-state index contributed by atoms with van der Waals surface area (Å²) in [7, 11) is 0. The molecule has 144 valence electrons. The predicted octanol–water partition coefficient (Wildman–Crippen LogP) is 4.75. The number of carbonyl (C=O) groups excluding carboxylic acids is 2. The normalized spacial score (nSPS) is 10.2. The minimum absolute atomic E-state index is 0.646. The van der Waals surface area contributed by atoms with Crippen LogP contribution >= 0.6 is 0 Å². The van der Waals surface area contributed by atoms with Gasteiger partial charge in [0.15, 0.2) is 0 Å². The highest BCUT2D eigenvalue weighted by Gasteiger charge is 2.24. The summed E-state index contributed by atoms with van der Waals surface area (Å²) in [6, 6.07) is 7.25. The fourth-order valence-corrected chi connectivity index (χ4v) is 1.12. The van der Waals surface area contributed by atoms with Crippen LogP contribution in [0.5, 0.6) is 0 Å². The van der Waals surface area contributed by atoms with Gasteiger partial charge in [-0.05, 0) is 53.7 Å². The van der Waals surface area contributed by atoms with Crippen molar-refractivity contribution in [1.29, 1.82) is 0 Å². The zero-order valence-corrected chi connectivity index (χ0v) is 16.5. The van der Waals surface area contributed by atoms with Crippen molar-refractivity contribution < 1.29 is 23.8 Å². The van der Waals surface area contributed by atoms with Gasteiger partial charge in [-0.15, -0.1) is 0 Å². The number of nitrogen functional groups attached to an aromatic ring is 2. The van der Waals surface area contributed by atoms with Crippen LogP contribution < -0.4 is 11.5 Å². The molecule has 0 atom stereocenters. The highest BCUT2D eigenvalue weighted by atomic mass is 16.8. The first-order valence-electron chi connectivity index (χ1n) is 8.04. The molecule has 0 spiro atoms. The SMILES string of the molecule is CC.CC(C)(C)OC(=O)OC(=O)OC(C)(C)C.Nc1ccccc1N. The van der Waals surface area contributed by atoms with Crippen LogP contribution in [0.1, 0.15) is 55.4 Å². The fourth-order valence-electron chi connectivity index (χ4n) is 1.12. The number of anilines is 2. The molecule has 1 aromatic rings. The van der Waals surface area contributed by atoms with Crippen molar-refractivity contribution in [3.63, 3.8) is 0 Å². The van der Waals surface area contributed by atoms with Gasteiger partial charge in [-0.3, -0.25) is 0 Å². The lowest BCUT2D eigenvalue weighted by molar-refractivity contribution is -0.0293. The first kappa shape index (κ1) is 24.8. The van der Waals surface area contributed by atoms with Crippen LogP contribution in [0, 0.1) is 0 Å². The molecule has 0 heterocycles. The third-order valence-corrected chi connectivity index (χ3v) is 1.94. The summed E-state index contributed by atoms with van der Waals surface area (Å²) < 4.78 is 13.8. The molecule has 1 rings (SSSR count). The zero-order chi connectivity index (χ0) is 20.3. The first-order valence-corrected chi connectivity index (χ1v) is 8.04. The summed E-state index contributed by atoms with van der Waals surface area (Å²) in [6.45, 7) is 14.0. The molecular weight excluding hydrogens is 324 g/mol. The number of rotatable bonds is 0. The second-order valence-corrected chi connectivity index (χ2v) is 6.66. The third kappa shape index (κ3) is 16.2. The maximum atomic E-state index is 11.0. The monoisotopic (exact) mass is 356 g/mol. The van der Waals surface area contributed by atoms with Gasteiger partial charge in [-0.2, -0.15) is 0 Å². The van der Waals surface area contributed by atoms with Gasteiger partial charge in [-0.25, -0.2) is 9.59 Å². The Balaban J connectivity index is 0. The van der Waals surface area contributed by atoms with Crippen molar-refractivity contribution in [2.45, 2.75) is 66.6 Å². The van der Waals surface area contributed by atoms with E-state index in [1.165, 1.54) is 0 Å². The van der Waals surface area contributed by atoms with E-state index in [0.29, 0.717) is 11.4 Å². The Labute approximate surface area is 150 Å². The number of ether oxygens (including phenoxy) is 3. The van der Waals surface area contributed by atoms with Crippen LogP contribution in [0.25, 0.3) is 0 Å². The Morgan fingerprint density at radius 1 is 0.760 bits per heavy atom. The fraction of sp³-hybridized carbons (Fsp3) is 0.556. The summed E-state index contributed by atoms with van der Waals surface area (Å²) in [5, 5.41) is 0. The molecule has 7 heteroatoms. The van der Waals surface area contributed by atoms with Gasteiger partial charge in [0.25, 0.3) is 0 Å². The molecule has 0 saturated carbocycles. The Morgan fingerprint density at radius 3 is 1.24 bits per heavy atom. The molecule has 0 saturated heterocycles. The van der Waals surface area contributed by atoms with E-state index < -0.39 is 23.5 Å². The average Bonchev–Trinajstić information content (AvgIpc) is 2.40. The number of hydrogen-bond donors (Lipinski definition) is 2. The molecule has 0 unspecified atom stereocenters. The van der Waals surface area contributed by atoms with E-state index in [4.69, 9.17) is 20.9 Å². The molecule has 0 fully saturated rings. The van der Waals surface area contributed by atoms with Crippen LogP contribution in [-0.4, -0.2) is 23.5 Å². The largest absolute Gasteiger partial charge is 0.519 e. The minimum atomic E-state index is -1.06. The van der Waals surface area contributed by atoms with Crippen LogP contribution in [0.15, 0.2) is 24.3 Å². The molecule has 0 bridgehead atoms. The lowest BCUT2D eigenvalue weighted by Crippen LogP contribution is -2.29. The molecule has 0 radical (unpaired) electrons. The van der Waals surface area contributed by atoms with Crippen LogP contribution in [0.3, 0.4) is 0 Å². The minimum Gasteiger partial charge on any atom is -0.428 e. The van der Waals surface area contributed by atoms with Crippen molar-refractivity contribution in [3.8, 4) is 0 Å². The average molecular weight is 356 g/mol. The number of nitrogens with two attached hydrogens (primary N) is 2. The first-order chi connectivity index (χ1) is 11.3.